The SMILES string of the molecule is COc1cc(-c2nc(Nc3cc(C(=O)N(C)C)ccc3F)n(C)n2)ccc1-n1cnc(C)c1. The number of ether oxygens (including phenoxy) is 1. The third-order valence-electron chi connectivity index (χ3n) is 5.06. The van der Waals surface area contributed by atoms with Crippen molar-refractivity contribution in [3.05, 3.63) is 66.0 Å². The number of methoxy groups -OCH3 is 1. The number of halogens is 1. The van der Waals surface area contributed by atoms with E-state index in [1.54, 1.807) is 34.6 Å². The number of hydrogen-bond donors (Lipinski definition) is 1. The first-order valence-corrected chi connectivity index (χ1v) is 10.2. The quantitative estimate of drug-likeness (QED) is 0.484. The van der Waals surface area contributed by atoms with Gasteiger partial charge in [-0.25, -0.2) is 14.1 Å². The van der Waals surface area contributed by atoms with Gasteiger partial charge in [0.15, 0.2) is 5.82 Å². The van der Waals surface area contributed by atoms with Crippen LogP contribution in [0.25, 0.3) is 17.1 Å². The molecule has 0 atom stereocenters. The molecule has 4 aromatic rings. The van der Waals surface area contributed by atoms with Crippen LogP contribution in [-0.2, 0) is 7.05 Å². The van der Waals surface area contributed by atoms with Crippen LogP contribution in [-0.4, -0.2) is 56.3 Å². The van der Waals surface area contributed by atoms with Gasteiger partial charge in [0.25, 0.3) is 5.91 Å². The fourth-order valence-corrected chi connectivity index (χ4v) is 3.33. The van der Waals surface area contributed by atoms with Crippen molar-refractivity contribution in [2.75, 3.05) is 26.5 Å². The van der Waals surface area contributed by atoms with Gasteiger partial charge in [0.1, 0.15) is 11.6 Å². The van der Waals surface area contributed by atoms with E-state index in [-0.39, 0.29) is 11.6 Å². The van der Waals surface area contributed by atoms with Crippen LogP contribution in [0, 0.1) is 12.7 Å². The van der Waals surface area contributed by atoms with E-state index < -0.39 is 5.82 Å². The molecule has 2 aromatic heterocycles. The van der Waals surface area contributed by atoms with Crippen molar-refractivity contribution in [3.63, 3.8) is 0 Å². The highest BCUT2D eigenvalue weighted by atomic mass is 19.1. The first-order valence-electron chi connectivity index (χ1n) is 10.2. The van der Waals surface area contributed by atoms with Gasteiger partial charge in [0, 0.05) is 38.5 Å². The van der Waals surface area contributed by atoms with Crippen LogP contribution in [0.5, 0.6) is 5.75 Å². The summed E-state index contributed by atoms with van der Waals surface area (Å²) in [7, 11) is 6.57. The molecule has 1 N–H and O–H groups in total. The number of benzene rings is 2. The zero-order valence-corrected chi connectivity index (χ0v) is 19.0. The maximum atomic E-state index is 14.4. The van der Waals surface area contributed by atoms with Gasteiger partial charge in [-0.1, -0.05) is 0 Å². The van der Waals surface area contributed by atoms with Gasteiger partial charge in [0.2, 0.25) is 5.95 Å². The summed E-state index contributed by atoms with van der Waals surface area (Å²) in [5.41, 5.74) is 2.95. The molecule has 33 heavy (non-hydrogen) atoms. The molecule has 2 heterocycles. The van der Waals surface area contributed by atoms with E-state index in [2.05, 4.69) is 20.4 Å². The van der Waals surface area contributed by atoms with Gasteiger partial charge in [-0.05, 0) is 43.3 Å². The van der Waals surface area contributed by atoms with Gasteiger partial charge in [-0.15, -0.1) is 5.10 Å². The van der Waals surface area contributed by atoms with Crippen molar-refractivity contribution >= 4 is 17.5 Å². The Bertz CT molecular complexity index is 1330. The molecule has 9 nitrogen and oxygen atoms in total. The predicted octanol–water partition coefficient (Wildman–Crippen LogP) is 3.57. The number of carbonyl (C=O) groups is 1. The van der Waals surface area contributed by atoms with E-state index in [0.29, 0.717) is 23.1 Å². The molecular weight excluding hydrogens is 425 g/mol. The summed E-state index contributed by atoms with van der Waals surface area (Å²) < 4.78 is 23.4. The maximum absolute atomic E-state index is 14.4. The Morgan fingerprint density at radius 1 is 1.18 bits per heavy atom. The molecule has 170 valence electrons. The van der Waals surface area contributed by atoms with E-state index in [1.165, 1.54) is 27.8 Å². The summed E-state index contributed by atoms with van der Waals surface area (Å²) in [6.45, 7) is 1.92. The molecule has 0 aliphatic rings. The van der Waals surface area contributed by atoms with Crippen LogP contribution in [0.15, 0.2) is 48.9 Å². The highest BCUT2D eigenvalue weighted by Crippen LogP contribution is 2.30. The molecule has 0 unspecified atom stereocenters. The molecular formula is C23H24FN7O2. The van der Waals surface area contributed by atoms with E-state index in [0.717, 1.165) is 16.9 Å². The summed E-state index contributed by atoms with van der Waals surface area (Å²) in [4.78, 5) is 22.4. The average Bonchev–Trinajstić information content (AvgIpc) is 3.39. The summed E-state index contributed by atoms with van der Waals surface area (Å²) in [6, 6.07) is 9.76. The molecule has 4 rings (SSSR count). The minimum atomic E-state index is -0.503. The fourth-order valence-electron chi connectivity index (χ4n) is 3.33. The van der Waals surface area contributed by atoms with E-state index in [4.69, 9.17) is 4.74 Å². The minimum absolute atomic E-state index is 0.133. The van der Waals surface area contributed by atoms with Crippen LogP contribution in [0.3, 0.4) is 0 Å². The van der Waals surface area contributed by atoms with Crippen molar-refractivity contribution in [3.8, 4) is 22.8 Å². The Morgan fingerprint density at radius 2 is 1.97 bits per heavy atom. The number of carbonyl (C=O) groups excluding carboxylic acids is 1. The van der Waals surface area contributed by atoms with Crippen LogP contribution < -0.4 is 10.1 Å². The largest absolute Gasteiger partial charge is 0.495 e. The van der Waals surface area contributed by atoms with Crippen molar-refractivity contribution < 1.29 is 13.9 Å². The fraction of sp³-hybridized carbons (Fsp3) is 0.217. The number of rotatable bonds is 6. The number of nitrogens with zero attached hydrogens (tertiary/aromatic N) is 6. The zero-order chi connectivity index (χ0) is 23.7. The molecule has 0 aliphatic carbocycles. The van der Waals surface area contributed by atoms with E-state index in [9.17, 15) is 9.18 Å². The first-order chi connectivity index (χ1) is 15.8. The highest BCUT2D eigenvalue weighted by Gasteiger charge is 2.16. The second-order valence-electron chi connectivity index (χ2n) is 7.71. The average molecular weight is 449 g/mol. The van der Waals surface area contributed by atoms with Crippen LogP contribution in [0.2, 0.25) is 0 Å². The van der Waals surface area contributed by atoms with Crippen molar-refractivity contribution in [1.82, 2.24) is 29.2 Å². The smallest absolute Gasteiger partial charge is 0.253 e. The number of aryl methyl sites for hydroxylation is 2. The molecule has 2 aromatic carbocycles. The predicted molar refractivity (Wildman–Crippen MR) is 123 cm³/mol. The number of aromatic nitrogens is 5. The second-order valence-corrected chi connectivity index (χ2v) is 7.71. The number of imidazole rings is 1. The third kappa shape index (κ3) is 4.40. The van der Waals surface area contributed by atoms with Crippen LogP contribution in [0.4, 0.5) is 16.0 Å². The molecule has 0 saturated carbocycles. The number of amides is 1. The Kier molecular flexibility index (Phi) is 5.82. The maximum Gasteiger partial charge on any atom is 0.253 e. The Morgan fingerprint density at radius 3 is 2.64 bits per heavy atom. The van der Waals surface area contributed by atoms with Gasteiger partial charge < -0.3 is 19.5 Å². The topological polar surface area (TPSA) is 90.1 Å². The summed E-state index contributed by atoms with van der Waals surface area (Å²) in [5.74, 6) is 0.667. The lowest BCUT2D eigenvalue weighted by Gasteiger charge is -2.12. The lowest BCUT2D eigenvalue weighted by Crippen LogP contribution is -2.21. The molecule has 0 radical (unpaired) electrons. The van der Waals surface area contributed by atoms with Gasteiger partial charge in [0.05, 0.1) is 30.5 Å². The molecule has 10 heteroatoms. The normalized spacial score (nSPS) is 10.8. The van der Waals surface area contributed by atoms with Crippen LogP contribution >= 0.6 is 0 Å². The Labute approximate surface area is 190 Å². The van der Waals surface area contributed by atoms with Gasteiger partial charge in [-0.3, -0.25) is 4.79 Å². The first kappa shape index (κ1) is 22.0. The molecule has 1 amide bonds. The van der Waals surface area contributed by atoms with Crippen molar-refractivity contribution in [1.29, 1.82) is 0 Å². The molecule has 0 aliphatic heterocycles. The van der Waals surface area contributed by atoms with Crippen molar-refractivity contribution in [2.24, 2.45) is 7.05 Å². The number of anilines is 2. The lowest BCUT2D eigenvalue weighted by molar-refractivity contribution is 0.0827. The Hall–Kier alpha value is -4.21. The van der Waals surface area contributed by atoms with E-state index >= 15 is 0 Å². The highest BCUT2D eigenvalue weighted by molar-refractivity contribution is 5.95. The van der Waals surface area contributed by atoms with Gasteiger partial charge in [-0.2, -0.15) is 4.98 Å². The minimum Gasteiger partial charge on any atom is -0.495 e. The van der Waals surface area contributed by atoms with Gasteiger partial charge >= 0.3 is 0 Å². The lowest BCUT2D eigenvalue weighted by atomic mass is 10.1. The zero-order valence-electron chi connectivity index (χ0n) is 19.0. The molecule has 0 saturated heterocycles. The molecule has 0 fully saturated rings. The summed E-state index contributed by atoms with van der Waals surface area (Å²) in [6.07, 6.45) is 3.62. The standard InChI is InChI=1S/C23H24FN7O2/c1-14-12-31(13-25-14)19-9-7-15(11-20(19)33-5)21-27-23(30(4)28-21)26-18-10-16(6-8-17(18)24)22(32)29(2)3/h6-13H,1-5H3,(H,26,27,28). The number of hydrogen-bond acceptors (Lipinski definition) is 6. The molecule has 0 spiro atoms. The number of nitrogens with one attached hydrogen (secondary N) is 1. The van der Waals surface area contributed by atoms with Crippen LogP contribution in [0.1, 0.15) is 16.1 Å². The molecule has 0 bridgehead atoms. The van der Waals surface area contributed by atoms with E-state index in [1.807, 2.05) is 35.9 Å². The summed E-state index contributed by atoms with van der Waals surface area (Å²) >= 11 is 0. The Balaban J connectivity index is 1.64. The monoisotopic (exact) mass is 449 g/mol. The van der Waals surface area contributed by atoms with Crippen molar-refractivity contribution in [2.45, 2.75) is 6.92 Å². The second kappa shape index (κ2) is 8.73. The summed E-state index contributed by atoms with van der Waals surface area (Å²) in [5, 5.41) is 7.38. The third-order valence-corrected chi connectivity index (χ3v) is 5.06.